The molecule has 1 aliphatic rings. The summed E-state index contributed by atoms with van der Waals surface area (Å²) in [6.07, 6.45) is 5.84. The van der Waals surface area contributed by atoms with Crippen LogP contribution in [0.4, 0.5) is 4.79 Å². The highest BCUT2D eigenvalue weighted by Crippen LogP contribution is 2.23. The number of carboxylic acid groups (broad SMARTS) is 1. The number of nitrogens with one attached hydrogen (secondary N) is 2. The lowest BCUT2D eigenvalue weighted by Crippen LogP contribution is -2.43. The Morgan fingerprint density at radius 1 is 1.38 bits per heavy atom. The predicted octanol–water partition coefficient (Wildman–Crippen LogP) is 0.741. The van der Waals surface area contributed by atoms with Crippen molar-refractivity contribution in [3.63, 3.8) is 0 Å². The number of nitrogens with zero attached hydrogens (tertiary/aromatic N) is 3. The van der Waals surface area contributed by atoms with Gasteiger partial charge in [0.05, 0.1) is 12.7 Å². The van der Waals surface area contributed by atoms with Gasteiger partial charge in [-0.15, -0.1) is 5.10 Å². The van der Waals surface area contributed by atoms with Gasteiger partial charge in [0.25, 0.3) is 0 Å². The van der Waals surface area contributed by atoms with Crippen LogP contribution in [0.1, 0.15) is 38.3 Å². The molecule has 2 amide bonds. The average Bonchev–Trinajstić information content (AvgIpc) is 2.86. The zero-order valence-electron chi connectivity index (χ0n) is 12.1. The van der Waals surface area contributed by atoms with Crippen molar-refractivity contribution < 1.29 is 14.7 Å². The average molecular weight is 295 g/mol. The second-order valence-corrected chi connectivity index (χ2v) is 5.59. The number of carboxylic acids is 1. The Morgan fingerprint density at radius 2 is 2.10 bits per heavy atom. The van der Waals surface area contributed by atoms with Crippen LogP contribution in [0.15, 0.2) is 6.20 Å². The summed E-state index contributed by atoms with van der Waals surface area (Å²) in [5, 5.41) is 21.8. The lowest BCUT2D eigenvalue weighted by Gasteiger charge is -2.26. The van der Waals surface area contributed by atoms with E-state index in [2.05, 4.69) is 27.9 Å². The summed E-state index contributed by atoms with van der Waals surface area (Å²) < 4.78 is 1.22. The van der Waals surface area contributed by atoms with E-state index in [0.29, 0.717) is 5.69 Å². The third-order valence-corrected chi connectivity index (χ3v) is 3.66. The van der Waals surface area contributed by atoms with Crippen LogP contribution in [0.3, 0.4) is 0 Å². The second-order valence-electron chi connectivity index (χ2n) is 5.59. The molecule has 8 heteroatoms. The number of aromatic nitrogens is 3. The molecular weight excluding hydrogens is 274 g/mol. The van der Waals surface area contributed by atoms with Crippen LogP contribution in [0.2, 0.25) is 0 Å². The van der Waals surface area contributed by atoms with Gasteiger partial charge in [0.15, 0.2) is 0 Å². The van der Waals surface area contributed by atoms with E-state index in [-0.39, 0.29) is 25.2 Å². The molecule has 3 N–H and O–H groups in total. The molecule has 0 saturated heterocycles. The summed E-state index contributed by atoms with van der Waals surface area (Å²) in [6.45, 7) is 2.23. The molecule has 0 radical (unpaired) electrons. The number of rotatable bonds is 5. The first-order valence-corrected chi connectivity index (χ1v) is 7.18. The Balaban J connectivity index is 1.71. The fourth-order valence-corrected chi connectivity index (χ4v) is 2.45. The van der Waals surface area contributed by atoms with Gasteiger partial charge < -0.3 is 15.7 Å². The largest absolute Gasteiger partial charge is 0.480 e. The molecule has 1 aromatic rings. The van der Waals surface area contributed by atoms with Crippen LogP contribution < -0.4 is 10.6 Å². The van der Waals surface area contributed by atoms with Crippen LogP contribution in [0, 0.1) is 5.92 Å². The summed E-state index contributed by atoms with van der Waals surface area (Å²) >= 11 is 0. The van der Waals surface area contributed by atoms with Crippen molar-refractivity contribution >= 4 is 12.0 Å². The van der Waals surface area contributed by atoms with Crippen LogP contribution in [-0.2, 0) is 17.9 Å². The number of hydrogen-bond acceptors (Lipinski definition) is 4. The summed E-state index contributed by atoms with van der Waals surface area (Å²) in [6, 6.07) is 0.0197. The van der Waals surface area contributed by atoms with E-state index in [1.54, 1.807) is 0 Å². The lowest BCUT2D eigenvalue weighted by atomic mass is 9.87. The van der Waals surface area contributed by atoms with Gasteiger partial charge in [0.1, 0.15) is 12.2 Å². The Morgan fingerprint density at radius 3 is 2.76 bits per heavy atom. The molecule has 1 aromatic heterocycles. The first-order chi connectivity index (χ1) is 10.0. The molecular formula is C13H21N5O3. The molecule has 0 aliphatic heterocycles. The van der Waals surface area contributed by atoms with Gasteiger partial charge in [-0.25, -0.2) is 9.48 Å². The number of aliphatic carboxylic acids is 1. The molecule has 116 valence electrons. The van der Waals surface area contributed by atoms with E-state index < -0.39 is 5.97 Å². The van der Waals surface area contributed by atoms with Crippen molar-refractivity contribution in [1.82, 2.24) is 25.6 Å². The Labute approximate surface area is 122 Å². The van der Waals surface area contributed by atoms with Crippen LogP contribution >= 0.6 is 0 Å². The molecule has 8 nitrogen and oxygen atoms in total. The van der Waals surface area contributed by atoms with E-state index in [4.69, 9.17) is 5.11 Å². The summed E-state index contributed by atoms with van der Waals surface area (Å²) in [5.41, 5.74) is 0.531. The van der Waals surface area contributed by atoms with Gasteiger partial charge in [-0.05, 0) is 31.6 Å². The molecule has 1 saturated carbocycles. The van der Waals surface area contributed by atoms with Gasteiger partial charge >= 0.3 is 12.0 Å². The van der Waals surface area contributed by atoms with Crippen molar-refractivity contribution in [3.8, 4) is 0 Å². The Kier molecular flexibility index (Phi) is 5.13. The molecule has 0 atom stereocenters. The number of urea groups is 1. The highest BCUT2D eigenvalue weighted by molar-refractivity contribution is 5.74. The number of carbonyl (C=O) groups excluding carboxylic acids is 1. The summed E-state index contributed by atoms with van der Waals surface area (Å²) in [4.78, 5) is 22.3. The summed E-state index contributed by atoms with van der Waals surface area (Å²) in [5.74, 6) is -0.237. The first kappa shape index (κ1) is 15.3. The van der Waals surface area contributed by atoms with E-state index in [1.807, 2.05) is 0 Å². The first-order valence-electron chi connectivity index (χ1n) is 7.18. The molecule has 0 bridgehead atoms. The summed E-state index contributed by atoms with van der Waals surface area (Å²) in [7, 11) is 0. The number of hydrogen-bond donors (Lipinski definition) is 3. The highest BCUT2D eigenvalue weighted by atomic mass is 16.4. The van der Waals surface area contributed by atoms with Gasteiger partial charge in [-0.1, -0.05) is 12.1 Å². The zero-order chi connectivity index (χ0) is 15.2. The highest BCUT2D eigenvalue weighted by Gasteiger charge is 2.19. The van der Waals surface area contributed by atoms with Crippen LogP contribution in [0.5, 0.6) is 0 Å². The zero-order valence-corrected chi connectivity index (χ0v) is 12.1. The van der Waals surface area contributed by atoms with Crippen molar-refractivity contribution in [1.29, 1.82) is 0 Å². The Bertz CT molecular complexity index is 494. The monoisotopic (exact) mass is 295 g/mol. The molecule has 1 aliphatic carbocycles. The van der Waals surface area contributed by atoms with E-state index in [0.717, 1.165) is 31.6 Å². The second kappa shape index (κ2) is 7.05. The topological polar surface area (TPSA) is 109 Å². The fourth-order valence-electron chi connectivity index (χ4n) is 2.45. The maximum atomic E-state index is 11.8. The van der Waals surface area contributed by atoms with Gasteiger partial charge in [0, 0.05) is 6.04 Å². The molecule has 0 unspecified atom stereocenters. The van der Waals surface area contributed by atoms with Gasteiger partial charge in [0.2, 0.25) is 0 Å². The normalized spacial score (nSPS) is 21.8. The molecule has 2 rings (SSSR count). The Hall–Kier alpha value is -2.12. The minimum atomic E-state index is -0.983. The minimum Gasteiger partial charge on any atom is -0.480 e. The maximum Gasteiger partial charge on any atom is 0.325 e. The molecule has 21 heavy (non-hydrogen) atoms. The van der Waals surface area contributed by atoms with Crippen molar-refractivity contribution in [2.24, 2.45) is 5.92 Å². The SMILES string of the molecule is CC1CCC(NC(=O)NCc2cn(CC(=O)O)nn2)CC1. The van der Waals surface area contributed by atoms with Crippen LogP contribution in [-0.4, -0.2) is 38.1 Å². The smallest absolute Gasteiger partial charge is 0.325 e. The van der Waals surface area contributed by atoms with Crippen molar-refractivity contribution in [2.75, 3.05) is 0 Å². The van der Waals surface area contributed by atoms with Crippen molar-refractivity contribution in [3.05, 3.63) is 11.9 Å². The minimum absolute atomic E-state index is 0.220. The molecule has 1 fully saturated rings. The third-order valence-electron chi connectivity index (χ3n) is 3.66. The molecule has 0 aromatic carbocycles. The quantitative estimate of drug-likeness (QED) is 0.742. The standard InChI is InChI=1S/C13H21N5O3/c1-9-2-4-10(5-3-9)15-13(21)14-6-11-7-18(17-16-11)8-12(19)20/h7,9-10H,2-6,8H2,1H3,(H,19,20)(H2,14,15,21). The molecule has 1 heterocycles. The molecule has 0 spiro atoms. The number of carbonyl (C=O) groups is 2. The fraction of sp³-hybridized carbons (Fsp3) is 0.692. The number of amides is 2. The van der Waals surface area contributed by atoms with Gasteiger partial charge in [-0.2, -0.15) is 0 Å². The van der Waals surface area contributed by atoms with Gasteiger partial charge in [-0.3, -0.25) is 4.79 Å². The predicted molar refractivity (Wildman–Crippen MR) is 74.4 cm³/mol. The van der Waals surface area contributed by atoms with E-state index >= 15 is 0 Å². The van der Waals surface area contributed by atoms with Crippen molar-refractivity contribution in [2.45, 2.75) is 51.7 Å². The maximum absolute atomic E-state index is 11.8. The van der Waals surface area contributed by atoms with E-state index in [1.165, 1.54) is 10.9 Å². The lowest BCUT2D eigenvalue weighted by molar-refractivity contribution is -0.137. The third kappa shape index (κ3) is 5.05. The van der Waals surface area contributed by atoms with E-state index in [9.17, 15) is 9.59 Å². The van der Waals surface area contributed by atoms with Crippen LogP contribution in [0.25, 0.3) is 0 Å².